The number of hydrogen-bond donors (Lipinski definition) is 2. The summed E-state index contributed by atoms with van der Waals surface area (Å²) in [6.07, 6.45) is 1.99. The smallest absolute Gasteiger partial charge is 0.321 e. The molecule has 0 spiro atoms. The number of aryl methyl sites for hydroxylation is 1. The molecule has 2 N–H and O–H groups in total. The van der Waals surface area contributed by atoms with Crippen molar-refractivity contribution in [1.29, 1.82) is 0 Å². The van der Waals surface area contributed by atoms with Crippen LogP contribution in [0.25, 0.3) is 0 Å². The number of halogens is 1. The Morgan fingerprint density at radius 3 is 2.15 bits per heavy atom. The predicted octanol–water partition coefficient (Wildman–Crippen LogP) is 4.41. The Labute approximate surface area is 158 Å². The molecule has 3 amide bonds. The lowest BCUT2D eigenvalue weighted by molar-refractivity contribution is -0.117. The van der Waals surface area contributed by atoms with Gasteiger partial charge in [0, 0.05) is 30.9 Å². The first-order valence-electron chi connectivity index (χ1n) is 9.17. The van der Waals surface area contributed by atoms with Crippen molar-refractivity contribution < 1.29 is 14.0 Å². The number of carbonyl (C=O) groups excluding carboxylic acids is 2. The first-order valence-corrected chi connectivity index (χ1v) is 9.17. The van der Waals surface area contributed by atoms with E-state index in [0.29, 0.717) is 25.2 Å². The Morgan fingerprint density at radius 2 is 1.52 bits per heavy atom. The van der Waals surface area contributed by atoms with Gasteiger partial charge >= 0.3 is 6.03 Å². The number of rotatable bonds is 4. The summed E-state index contributed by atoms with van der Waals surface area (Å²) in [5.74, 6) is -0.165. The average molecular weight is 369 g/mol. The predicted molar refractivity (Wildman–Crippen MR) is 104 cm³/mol. The third kappa shape index (κ3) is 5.54. The van der Waals surface area contributed by atoms with Crippen LogP contribution in [0.3, 0.4) is 0 Å². The van der Waals surface area contributed by atoms with Gasteiger partial charge in [0.2, 0.25) is 5.91 Å². The molecule has 5 nitrogen and oxygen atoms in total. The molecule has 1 heterocycles. The van der Waals surface area contributed by atoms with Gasteiger partial charge < -0.3 is 15.5 Å². The molecular weight excluding hydrogens is 345 g/mol. The Bertz CT molecular complexity index is 782. The van der Waals surface area contributed by atoms with Crippen molar-refractivity contribution in [3.05, 3.63) is 59.9 Å². The van der Waals surface area contributed by atoms with Crippen LogP contribution in [-0.2, 0) is 4.79 Å². The third-order valence-corrected chi connectivity index (χ3v) is 4.81. The van der Waals surface area contributed by atoms with Crippen LogP contribution in [0.15, 0.2) is 48.5 Å². The molecule has 1 aliphatic rings. The van der Waals surface area contributed by atoms with Crippen LogP contribution < -0.4 is 10.6 Å². The molecule has 2 aromatic rings. The molecule has 0 bridgehead atoms. The molecule has 0 aromatic heterocycles. The molecule has 1 fully saturated rings. The van der Waals surface area contributed by atoms with Gasteiger partial charge in [0.25, 0.3) is 0 Å². The number of piperidine rings is 1. The normalized spacial score (nSPS) is 14.7. The zero-order valence-corrected chi connectivity index (χ0v) is 15.4. The van der Waals surface area contributed by atoms with Crippen molar-refractivity contribution in [2.75, 3.05) is 23.7 Å². The minimum Gasteiger partial charge on any atom is -0.326 e. The van der Waals surface area contributed by atoms with Crippen molar-refractivity contribution in [2.45, 2.75) is 26.2 Å². The highest BCUT2D eigenvalue weighted by Gasteiger charge is 2.24. The molecule has 0 radical (unpaired) electrons. The number of amides is 3. The fourth-order valence-electron chi connectivity index (χ4n) is 3.19. The second kappa shape index (κ2) is 8.66. The van der Waals surface area contributed by atoms with Gasteiger partial charge in [0.15, 0.2) is 0 Å². The van der Waals surface area contributed by atoms with Gasteiger partial charge in [-0.05, 0) is 62.1 Å². The van der Waals surface area contributed by atoms with E-state index in [1.165, 1.54) is 12.1 Å². The van der Waals surface area contributed by atoms with Crippen molar-refractivity contribution >= 4 is 23.3 Å². The average Bonchev–Trinajstić information content (AvgIpc) is 2.66. The largest absolute Gasteiger partial charge is 0.326 e. The third-order valence-electron chi connectivity index (χ3n) is 4.81. The number of anilines is 2. The zero-order valence-electron chi connectivity index (χ0n) is 15.4. The van der Waals surface area contributed by atoms with E-state index in [4.69, 9.17) is 0 Å². The second-order valence-electron chi connectivity index (χ2n) is 6.99. The van der Waals surface area contributed by atoms with E-state index in [1.54, 1.807) is 17.0 Å². The van der Waals surface area contributed by atoms with Gasteiger partial charge in [-0.25, -0.2) is 9.18 Å². The van der Waals surface area contributed by atoms with E-state index in [0.717, 1.165) is 24.1 Å². The summed E-state index contributed by atoms with van der Waals surface area (Å²) in [6, 6.07) is 13.3. The SMILES string of the molecule is Cc1ccc(NC(=O)N2CCC(CC(=O)Nc3ccc(F)cc3)CC2)cc1. The molecule has 6 heteroatoms. The van der Waals surface area contributed by atoms with E-state index in [1.807, 2.05) is 31.2 Å². The zero-order chi connectivity index (χ0) is 19.2. The van der Waals surface area contributed by atoms with Crippen LogP contribution in [0, 0.1) is 18.7 Å². The molecular formula is C21H24FN3O2. The van der Waals surface area contributed by atoms with Crippen LogP contribution in [0.5, 0.6) is 0 Å². The number of nitrogens with zero attached hydrogens (tertiary/aromatic N) is 1. The lowest BCUT2D eigenvalue weighted by Gasteiger charge is -2.31. The molecule has 0 atom stereocenters. The van der Waals surface area contributed by atoms with E-state index in [-0.39, 0.29) is 23.7 Å². The first-order chi connectivity index (χ1) is 13.0. The van der Waals surface area contributed by atoms with Crippen molar-refractivity contribution in [2.24, 2.45) is 5.92 Å². The maximum absolute atomic E-state index is 12.9. The minimum absolute atomic E-state index is 0.0795. The van der Waals surface area contributed by atoms with Crippen LogP contribution in [0.2, 0.25) is 0 Å². The standard InChI is InChI=1S/C21H24FN3O2/c1-15-2-6-19(7-3-15)24-21(27)25-12-10-16(11-13-25)14-20(26)23-18-8-4-17(22)5-9-18/h2-9,16H,10-14H2,1H3,(H,23,26)(H,24,27). The molecule has 1 saturated heterocycles. The molecule has 3 rings (SSSR count). The number of carbonyl (C=O) groups is 2. The molecule has 142 valence electrons. The van der Waals surface area contributed by atoms with E-state index < -0.39 is 0 Å². The maximum Gasteiger partial charge on any atom is 0.321 e. The van der Waals surface area contributed by atoms with Crippen LogP contribution in [-0.4, -0.2) is 29.9 Å². The van der Waals surface area contributed by atoms with Gasteiger partial charge in [0.05, 0.1) is 0 Å². The monoisotopic (exact) mass is 369 g/mol. The lowest BCUT2D eigenvalue weighted by Crippen LogP contribution is -2.41. The quantitative estimate of drug-likeness (QED) is 0.839. The summed E-state index contributed by atoms with van der Waals surface area (Å²) in [5.41, 5.74) is 2.52. The number of urea groups is 1. The highest BCUT2D eigenvalue weighted by atomic mass is 19.1. The molecule has 0 unspecified atom stereocenters. The maximum atomic E-state index is 12.9. The number of likely N-dealkylation sites (tertiary alicyclic amines) is 1. The fourth-order valence-corrected chi connectivity index (χ4v) is 3.19. The fraction of sp³-hybridized carbons (Fsp3) is 0.333. The topological polar surface area (TPSA) is 61.4 Å². The Morgan fingerprint density at radius 1 is 0.963 bits per heavy atom. The molecule has 0 saturated carbocycles. The summed E-state index contributed by atoms with van der Waals surface area (Å²) in [5, 5.41) is 5.70. The Balaban J connectivity index is 1.42. The molecule has 27 heavy (non-hydrogen) atoms. The highest BCUT2D eigenvalue weighted by Crippen LogP contribution is 2.22. The summed E-state index contributed by atoms with van der Waals surface area (Å²) < 4.78 is 12.9. The van der Waals surface area contributed by atoms with Gasteiger partial charge in [-0.3, -0.25) is 4.79 Å². The van der Waals surface area contributed by atoms with Crippen LogP contribution >= 0.6 is 0 Å². The summed E-state index contributed by atoms with van der Waals surface area (Å²) in [4.78, 5) is 26.3. The van der Waals surface area contributed by atoms with E-state index in [9.17, 15) is 14.0 Å². The second-order valence-corrected chi connectivity index (χ2v) is 6.99. The van der Waals surface area contributed by atoms with Gasteiger partial charge in [-0.2, -0.15) is 0 Å². The van der Waals surface area contributed by atoms with Crippen molar-refractivity contribution in [3.63, 3.8) is 0 Å². The Kier molecular flexibility index (Phi) is 6.06. The molecule has 2 aromatic carbocycles. The summed E-state index contributed by atoms with van der Waals surface area (Å²) in [7, 11) is 0. The lowest BCUT2D eigenvalue weighted by atomic mass is 9.93. The molecule has 0 aliphatic carbocycles. The summed E-state index contributed by atoms with van der Waals surface area (Å²) >= 11 is 0. The van der Waals surface area contributed by atoms with Crippen molar-refractivity contribution in [1.82, 2.24) is 4.90 Å². The van der Waals surface area contributed by atoms with Crippen LogP contribution in [0.1, 0.15) is 24.8 Å². The summed E-state index contributed by atoms with van der Waals surface area (Å²) in [6.45, 7) is 3.26. The van der Waals surface area contributed by atoms with Crippen molar-refractivity contribution in [3.8, 4) is 0 Å². The van der Waals surface area contributed by atoms with E-state index >= 15 is 0 Å². The minimum atomic E-state index is -0.329. The van der Waals surface area contributed by atoms with E-state index in [2.05, 4.69) is 10.6 Å². The van der Waals surface area contributed by atoms with Gasteiger partial charge in [-0.15, -0.1) is 0 Å². The van der Waals surface area contributed by atoms with Crippen LogP contribution in [0.4, 0.5) is 20.6 Å². The highest BCUT2D eigenvalue weighted by molar-refractivity contribution is 5.91. The number of nitrogens with one attached hydrogen (secondary N) is 2. The van der Waals surface area contributed by atoms with Gasteiger partial charge in [-0.1, -0.05) is 17.7 Å². The first kappa shape index (κ1) is 18.9. The Hall–Kier alpha value is -2.89. The number of hydrogen-bond acceptors (Lipinski definition) is 2. The van der Waals surface area contributed by atoms with Gasteiger partial charge in [0.1, 0.15) is 5.82 Å². The molecule has 1 aliphatic heterocycles. The number of benzene rings is 2.